The molecule has 0 bridgehead atoms. The highest BCUT2D eigenvalue weighted by Crippen LogP contribution is 2.44. The number of anilines is 3. The molecule has 0 aliphatic heterocycles. The second-order valence-electron chi connectivity index (χ2n) is 11.3. The van der Waals surface area contributed by atoms with Crippen LogP contribution in [0.2, 0.25) is 0 Å². The van der Waals surface area contributed by atoms with Crippen molar-refractivity contribution in [3.63, 3.8) is 0 Å². The van der Waals surface area contributed by atoms with Crippen molar-refractivity contribution >= 4 is 103 Å². The Morgan fingerprint density at radius 3 is 1.73 bits per heavy atom. The Labute approximate surface area is 255 Å². The summed E-state index contributed by atoms with van der Waals surface area (Å²) in [6, 6.07) is 49.4. The number of hydrogen-bond donors (Lipinski definition) is 0. The zero-order valence-electron chi connectivity index (χ0n) is 23.5. The lowest BCUT2D eigenvalue weighted by Crippen LogP contribution is -2.09. The van der Waals surface area contributed by atoms with Gasteiger partial charge in [-0.25, -0.2) is 0 Å². The fraction of sp³-hybridized carbons (Fsp3) is 0. The molecule has 4 heteroatoms. The van der Waals surface area contributed by atoms with E-state index in [0.717, 1.165) is 60.9 Å². The van der Waals surface area contributed by atoms with Crippen molar-refractivity contribution in [3.05, 3.63) is 140 Å². The molecule has 0 saturated heterocycles. The van der Waals surface area contributed by atoms with Gasteiger partial charge in [0.2, 0.25) is 0 Å². The first kappa shape index (κ1) is 23.9. The number of thiophene rings is 1. The molecule has 0 spiro atoms. The van der Waals surface area contributed by atoms with Crippen molar-refractivity contribution in [1.82, 2.24) is 0 Å². The summed E-state index contributed by atoms with van der Waals surface area (Å²) in [5.74, 6) is 0. The Balaban J connectivity index is 1.19. The Kier molecular flexibility index (Phi) is 4.87. The van der Waals surface area contributed by atoms with E-state index in [1.165, 1.54) is 30.9 Å². The average molecular weight is 582 g/mol. The van der Waals surface area contributed by atoms with E-state index in [0.29, 0.717) is 0 Å². The highest BCUT2D eigenvalue weighted by molar-refractivity contribution is 7.25. The van der Waals surface area contributed by atoms with E-state index in [4.69, 9.17) is 8.83 Å². The molecule has 3 nitrogen and oxygen atoms in total. The molecule has 0 aliphatic carbocycles. The second kappa shape index (κ2) is 8.96. The van der Waals surface area contributed by atoms with Crippen LogP contribution in [0.1, 0.15) is 0 Å². The summed E-state index contributed by atoms with van der Waals surface area (Å²) in [4.78, 5) is 2.32. The molecule has 0 N–H and O–H groups in total. The lowest BCUT2D eigenvalue weighted by atomic mass is 9.99. The molecule has 206 valence electrons. The largest absolute Gasteiger partial charge is 0.456 e. The summed E-state index contributed by atoms with van der Waals surface area (Å²) in [6.45, 7) is 0. The molecular formula is C40H23NO2S. The standard InChI is InChI=1S/C40H23NO2S/c1-2-8-24(9-3-1)41(26-14-16-28-27-10-5-7-13-37(27)44-38(28)23-26)25-15-17-32-36(22-25)43-35-21-19-29-30(40(32)35)18-20-34-39(29)31-11-4-6-12-33(31)42-34/h1-23H. The van der Waals surface area contributed by atoms with Crippen LogP contribution in [0.3, 0.4) is 0 Å². The quantitative estimate of drug-likeness (QED) is 0.208. The summed E-state index contributed by atoms with van der Waals surface area (Å²) in [5.41, 5.74) is 6.83. The van der Waals surface area contributed by atoms with Crippen molar-refractivity contribution in [2.24, 2.45) is 0 Å². The Hall–Kier alpha value is -5.58. The van der Waals surface area contributed by atoms with Crippen LogP contribution >= 0.6 is 11.3 Å². The van der Waals surface area contributed by atoms with Crippen LogP contribution in [0.15, 0.2) is 148 Å². The molecular weight excluding hydrogens is 559 g/mol. The summed E-state index contributed by atoms with van der Waals surface area (Å²) in [5, 5.41) is 9.47. The minimum Gasteiger partial charge on any atom is -0.456 e. The van der Waals surface area contributed by atoms with Crippen molar-refractivity contribution in [2.45, 2.75) is 0 Å². The molecule has 44 heavy (non-hydrogen) atoms. The molecule has 0 amide bonds. The molecule has 0 aliphatic rings. The van der Waals surface area contributed by atoms with Crippen LogP contribution in [-0.4, -0.2) is 0 Å². The molecule has 10 rings (SSSR count). The third-order valence-electron chi connectivity index (χ3n) is 8.85. The van der Waals surface area contributed by atoms with Crippen LogP contribution in [-0.2, 0) is 0 Å². The molecule has 0 fully saturated rings. The highest BCUT2D eigenvalue weighted by atomic mass is 32.1. The van der Waals surface area contributed by atoms with Gasteiger partial charge >= 0.3 is 0 Å². The first-order valence-corrected chi connectivity index (χ1v) is 15.6. The smallest absolute Gasteiger partial charge is 0.137 e. The van der Waals surface area contributed by atoms with Gasteiger partial charge in [-0.3, -0.25) is 0 Å². The Morgan fingerprint density at radius 2 is 0.932 bits per heavy atom. The van der Waals surface area contributed by atoms with Gasteiger partial charge in [0, 0.05) is 64.8 Å². The van der Waals surface area contributed by atoms with Gasteiger partial charge in [0.05, 0.1) is 0 Å². The lowest BCUT2D eigenvalue weighted by molar-refractivity contribution is 0.668. The van der Waals surface area contributed by atoms with E-state index in [1.807, 2.05) is 23.5 Å². The van der Waals surface area contributed by atoms with E-state index >= 15 is 0 Å². The van der Waals surface area contributed by atoms with Gasteiger partial charge in [0.25, 0.3) is 0 Å². The normalized spacial score (nSPS) is 12.1. The number of furan rings is 2. The zero-order valence-corrected chi connectivity index (χ0v) is 24.3. The van der Waals surface area contributed by atoms with Crippen molar-refractivity contribution in [1.29, 1.82) is 0 Å². The van der Waals surface area contributed by atoms with Gasteiger partial charge in [-0.2, -0.15) is 0 Å². The molecule has 3 heterocycles. The van der Waals surface area contributed by atoms with Gasteiger partial charge in [0.15, 0.2) is 0 Å². The predicted octanol–water partition coefficient (Wildman–Crippen LogP) is 12.5. The summed E-state index contributed by atoms with van der Waals surface area (Å²) >= 11 is 1.84. The second-order valence-corrected chi connectivity index (χ2v) is 12.4. The maximum atomic E-state index is 6.57. The van der Waals surface area contributed by atoms with E-state index < -0.39 is 0 Å². The van der Waals surface area contributed by atoms with Crippen molar-refractivity contribution in [2.75, 3.05) is 4.90 Å². The maximum absolute atomic E-state index is 6.57. The Morgan fingerprint density at radius 1 is 0.364 bits per heavy atom. The SMILES string of the molecule is c1ccc(N(c2ccc3c(c2)oc2ccc4c(ccc5oc6ccccc6c54)c23)c2ccc3c(c2)sc2ccccc23)cc1. The van der Waals surface area contributed by atoms with Crippen molar-refractivity contribution in [3.8, 4) is 0 Å². The van der Waals surface area contributed by atoms with E-state index in [9.17, 15) is 0 Å². The monoisotopic (exact) mass is 581 g/mol. The molecule has 3 aromatic heterocycles. The third-order valence-corrected chi connectivity index (χ3v) is 9.98. The summed E-state index contributed by atoms with van der Waals surface area (Å²) in [7, 11) is 0. The van der Waals surface area contributed by atoms with Gasteiger partial charge < -0.3 is 13.7 Å². The van der Waals surface area contributed by atoms with Crippen LogP contribution in [0.5, 0.6) is 0 Å². The topological polar surface area (TPSA) is 29.5 Å². The van der Waals surface area contributed by atoms with Crippen LogP contribution in [0.25, 0.3) is 74.8 Å². The Bertz CT molecular complexity index is 2730. The number of hydrogen-bond acceptors (Lipinski definition) is 4. The summed E-state index contributed by atoms with van der Waals surface area (Å²) < 4.78 is 15.3. The fourth-order valence-corrected chi connectivity index (χ4v) is 8.05. The molecule has 7 aromatic carbocycles. The van der Waals surface area contributed by atoms with Crippen LogP contribution in [0, 0.1) is 0 Å². The van der Waals surface area contributed by atoms with E-state index in [-0.39, 0.29) is 0 Å². The van der Waals surface area contributed by atoms with Gasteiger partial charge in [-0.15, -0.1) is 11.3 Å². The number of fused-ring (bicyclic) bond motifs is 12. The number of nitrogens with zero attached hydrogens (tertiary/aromatic N) is 1. The molecule has 0 radical (unpaired) electrons. The minimum absolute atomic E-state index is 0.867. The van der Waals surface area contributed by atoms with Crippen LogP contribution in [0.4, 0.5) is 17.1 Å². The number of rotatable bonds is 3. The van der Waals surface area contributed by atoms with Gasteiger partial charge in [0.1, 0.15) is 22.3 Å². The third kappa shape index (κ3) is 3.37. The predicted molar refractivity (Wildman–Crippen MR) is 186 cm³/mol. The first-order valence-electron chi connectivity index (χ1n) is 14.8. The van der Waals surface area contributed by atoms with Gasteiger partial charge in [-0.05, 0) is 83.6 Å². The van der Waals surface area contributed by atoms with Crippen molar-refractivity contribution < 1.29 is 8.83 Å². The minimum atomic E-state index is 0.867. The molecule has 0 saturated carbocycles. The lowest BCUT2D eigenvalue weighted by Gasteiger charge is -2.25. The first-order chi connectivity index (χ1) is 21.8. The molecule has 0 atom stereocenters. The van der Waals surface area contributed by atoms with Gasteiger partial charge in [-0.1, -0.05) is 60.7 Å². The number of para-hydroxylation sites is 2. The van der Waals surface area contributed by atoms with E-state index in [2.05, 4.69) is 132 Å². The fourth-order valence-electron chi connectivity index (χ4n) is 6.91. The summed E-state index contributed by atoms with van der Waals surface area (Å²) in [6.07, 6.45) is 0. The zero-order chi connectivity index (χ0) is 28.8. The highest BCUT2D eigenvalue weighted by Gasteiger charge is 2.19. The maximum Gasteiger partial charge on any atom is 0.137 e. The molecule has 0 unspecified atom stereocenters. The average Bonchev–Trinajstić information content (AvgIpc) is 3.76. The number of benzene rings is 7. The van der Waals surface area contributed by atoms with Crippen LogP contribution < -0.4 is 4.90 Å². The molecule has 10 aromatic rings. The van der Waals surface area contributed by atoms with E-state index in [1.54, 1.807) is 0 Å².